The van der Waals surface area contributed by atoms with Crippen molar-refractivity contribution in [3.8, 4) is 0 Å². The van der Waals surface area contributed by atoms with Crippen molar-refractivity contribution < 1.29 is 0 Å². The number of hydrogen-bond acceptors (Lipinski definition) is 2. The molecule has 1 aliphatic heterocycles. The van der Waals surface area contributed by atoms with E-state index in [0.29, 0.717) is 0 Å². The second kappa shape index (κ2) is 3.47. The molecule has 0 bridgehead atoms. The van der Waals surface area contributed by atoms with Gasteiger partial charge in [-0.05, 0) is 13.3 Å². The lowest BCUT2D eigenvalue weighted by Crippen LogP contribution is -2.29. The molecular weight excluding hydrogens is 130 g/mol. The van der Waals surface area contributed by atoms with Crippen LogP contribution in [0.2, 0.25) is 0 Å². The quantitative estimate of drug-likeness (QED) is 0.583. The number of nitrogens with zero attached hydrogens (tertiary/aromatic N) is 1. The second-order valence-electron chi connectivity index (χ2n) is 2.61. The van der Waals surface area contributed by atoms with Gasteiger partial charge in [-0.15, -0.1) is 11.8 Å². The zero-order valence-electron chi connectivity index (χ0n) is 6.26. The van der Waals surface area contributed by atoms with Gasteiger partial charge in [0.2, 0.25) is 0 Å². The first kappa shape index (κ1) is 7.42. The highest BCUT2D eigenvalue weighted by Gasteiger charge is 2.15. The van der Waals surface area contributed by atoms with Gasteiger partial charge in [0.15, 0.2) is 0 Å². The monoisotopic (exact) mass is 145 g/mol. The van der Waals surface area contributed by atoms with E-state index in [-0.39, 0.29) is 0 Å². The first-order valence-electron chi connectivity index (χ1n) is 3.66. The first-order valence-corrected chi connectivity index (χ1v) is 4.82. The maximum atomic E-state index is 2.55. The van der Waals surface area contributed by atoms with Crippen LogP contribution in [0.5, 0.6) is 0 Å². The Bertz CT molecular complexity index is 79.0. The van der Waals surface area contributed by atoms with E-state index in [4.69, 9.17) is 0 Å². The fourth-order valence-corrected chi connectivity index (χ4v) is 2.14. The van der Waals surface area contributed by atoms with E-state index in [0.717, 1.165) is 6.04 Å². The zero-order chi connectivity index (χ0) is 6.69. The lowest BCUT2D eigenvalue weighted by atomic mass is 10.2. The van der Waals surface area contributed by atoms with Crippen LogP contribution in [0.1, 0.15) is 20.3 Å². The molecule has 1 heterocycles. The molecule has 2 heteroatoms. The van der Waals surface area contributed by atoms with Gasteiger partial charge in [-0.1, -0.05) is 6.92 Å². The molecule has 1 fully saturated rings. The minimum absolute atomic E-state index is 0.806. The van der Waals surface area contributed by atoms with E-state index in [1.807, 2.05) is 0 Å². The maximum Gasteiger partial charge on any atom is 0.0447 e. The third kappa shape index (κ3) is 1.87. The molecule has 1 aliphatic rings. The van der Waals surface area contributed by atoms with E-state index in [1.54, 1.807) is 0 Å². The van der Waals surface area contributed by atoms with Crippen LogP contribution in [0.15, 0.2) is 0 Å². The molecule has 1 atom stereocenters. The van der Waals surface area contributed by atoms with Crippen LogP contribution in [-0.2, 0) is 0 Å². The molecule has 1 saturated heterocycles. The highest BCUT2D eigenvalue weighted by atomic mass is 32.2. The summed E-state index contributed by atoms with van der Waals surface area (Å²) in [5, 5.41) is 0. The molecule has 0 N–H and O–H groups in total. The highest BCUT2D eigenvalue weighted by molar-refractivity contribution is 7.99. The van der Waals surface area contributed by atoms with E-state index in [2.05, 4.69) is 30.5 Å². The Labute approximate surface area is 61.8 Å². The third-order valence-electron chi connectivity index (χ3n) is 1.99. The van der Waals surface area contributed by atoms with Crippen LogP contribution in [0, 0.1) is 0 Å². The predicted molar refractivity (Wildman–Crippen MR) is 43.8 cm³/mol. The fraction of sp³-hybridized carbons (Fsp3) is 1.00. The minimum Gasteiger partial charge on any atom is -0.291 e. The molecule has 9 heavy (non-hydrogen) atoms. The van der Waals surface area contributed by atoms with Gasteiger partial charge in [0, 0.05) is 24.2 Å². The Kier molecular flexibility index (Phi) is 2.86. The Morgan fingerprint density at radius 2 is 2.44 bits per heavy atom. The van der Waals surface area contributed by atoms with Gasteiger partial charge in [0.05, 0.1) is 0 Å². The summed E-state index contributed by atoms with van der Waals surface area (Å²) in [5.74, 6) is 2.60. The van der Waals surface area contributed by atoms with Crippen LogP contribution in [0.3, 0.4) is 0 Å². The fourth-order valence-electron chi connectivity index (χ4n) is 1.03. The normalized spacial score (nSPS) is 24.7. The standard InChI is InChI=1S/C7H15NS/c1-3-7(2)8-4-5-9-6-8/h7H,3-6H2,1-2H3. The molecule has 54 valence electrons. The predicted octanol–water partition coefficient (Wildman–Crippen LogP) is 1.79. The van der Waals surface area contributed by atoms with Gasteiger partial charge in [-0.2, -0.15) is 0 Å². The molecule has 0 aromatic rings. The van der Waals surface area contributed by atoms with Crippen LogP contribution in [0.4, 0.5) is 0 Å². The highest BCUT2D eigenvalue weighted by Crippen LogP contribution is 2.17. The number of rotatable bonds is 2. The van der Waals surface area contributed by atoms with Gasteiger partial charge < -0.3 is 0 Å². The topological polar surface area (TPSA) is 3.24 Å². The molecule has 1 nitrogen and oxygen atoms in total. The van der Waals surface area contributed by atoms with Crippen molar-refractivity contribution in [2.24, 2.45) is 0 Å². The summed E-state index contributed by atoms with van der Waals surface area (Å²) >= 11 is 2.05. The average Bonchev–Trinajstić information content (AvgIpc) is 2.37. The molecule has 0 saturated carbocycles. The van der Waals surface area contributed by atoms with Gasteiger partial charge in [0.1, 0.15) is 0 Å². The van der Waals surface area contributed by atoms with Gasteiger partial charge >= 0.3 is 0 Å². The van der Waals surface area contributed by atoms with Crippen molar-refractivity contribution in [1.82, 2.24) is 4.90 Å². The molecule has 0 aromatic heterocycles. The summed E-state index contributed by atoms with van der Waals surface area (Å²) in [6.07, 6.45) is 1.29. The molecule has 0 amide bonds. The molecule has 1 unspecified atom stereocenters. The van der Waals surface area contributed by atoms with Crippen molar-refractivity contribution in [2.45, 2.75) is 26.3 Å². The summed E-state index contributed by atoms with van der Waals surface area (Å²) in [7, 11) is 0. The van der Waals surface area contributed by atoms with Crippen molar-refractivity contribution >= 4 is 11.8 Å². The molecule has 0 aromatic carbocycles. The van der Waals surface area contributed by atoms with Crippen LogP contribution >= 0.6 is 11.8 Å². The summed E-state index contributed by atoms with van der Waals surface area (Å²) in [6, 6.07) is 0.806. The molecule has 0 aliphatic carbocycles. The lowest BCUT2D eigenvalue weighted by Gasteiger charge is -2.20. The largest absolute Gasteiger partial charge is 0.291 e. The number of thioether (sulfide) groups is 1. The summed E-state index contributed by atoms with van der Waals surface area (Å²) < 4.78 is 0. The van der Waals surface area contributed by atoms with Crippen molar-refractivity contribution in [2.75, 3.05) is 18.2 Å². The SMILES string of the molecule is CCC(C)N1CCSC1. The Balaban J connectivity index is 2.24. The summed E-state index contributed by atoms with van der Waals surface area (Å²) in [5.41, 5.74) is 0. The van der Waals surface area contributed by atoms with Crippen molar-refractivity contribution in [1.29, 1.82) is 0 Å². The van der Waals surface area contributed by atoms with Gasteiger partial charge in [-0.3, -0.25) is 4.90 Å². The maximum absolute atomic E-state index is 2.55. The Morgan fingerprint density at radius 3 is 2.89 bits per heavy atom. The van der Waals surface area contributed by atoms with Crippen molar-refractivity contribution in [3.05, 3.63) is 0 Å². The second-order valence-corrected chi connectivity index (χ2v) is 3.68. The van der Waals surface area contributed by atoms with E-state index >= 15 is 0 Å². The van der Waals surface area contributed by atoms with E-state index in [9.17, 15) is 0 Å². The minimum atomic E-state index is 0.806. The molecule has 0 radical (unpaired) electrons. The first-order chi connectivity index (χ1) is 4.34. The molecular formula is C7H15NS. The zero-order valence-corrected chi connectivity index (χ0v) is 7.08. The van der Waals surface area contributed by atoms with Crippen LogP contribution in [-0.4, -0.2) is 29.1 Å². The van der Waals surface area contributed by atoms with Crippen molar-refractivity contribution in [3.63, 3.8) is 0 Å². The summed E-state index contributed by atoms with van der Waals surface area (Å²) in [4.78, 5) is 2.55. The molecule has 0 spiro atoms. The van der Waals surface area contributed by atoms with E-state index < -0.39 is 0 Å². The Hall–Kier alpha value is 0.310. The van der Waals surface area contributed by atoms with Crippen LogP contribution in [0.25, 0.3) is 0 Å². The van der Waals surface area contributed by atoms with Crippen LogP contribution < -0.4 is 0 Å². The van der Waals surface area contributed by atoms with Gasteiger partial charge in [0.25, 0.3) is 0 Å². The average molecular weight is 145 g/mol. The van der Waals surface area contributed by atoms with E-state index in [1.165, 1.54) is 24.6 Å². The summed E-state index contributed by atoms with van der Waals surface area (Å²) in [6.45, 7) is 5.87. The Morgan fingerprint density at radius 1 is 1.67 bits per heavy atom. The van der Waals surface area contributed by atoms with Gasteiger partial charge in [-0.25, -0.2) is 0 Å². The number of hydrogen-bond donors (Lipinski definition) is 0. The molecule has 1 rings (SSSR count). The lowest BCUT2D eigenvalue weighted by molar-refractivity contribution is 0.267. The third-order valence-corrected chi connectivity index (χ3v) is 2.98. The smallest absolute Gasteiger partial charge is 0.0447 e.